The van der Waals surface area contributed by atoms with Gasteiger partial charge < -0.3 is 5.11 Å². The summed E-state index contributed by atoms with van der Waals surface area (Å²) in [5.41, 5.74) is 4.33. The summed E-state index contributed by atoms with van der Waals surface area (Å²) in [5, 5.41) is 14.3. The fourth-order valence-corrected chi connectivity index (χ4v) is 2.83. The van der Waals surface area contributed by atoms with Crippen molar-refractivity contribution in [2.75, 3.05) is 0 Å². The third-order valence-electron chi connectivity index (χ3n) is 4.26. The van der Waals surface area contributed by atoms with Crippen molar-refractivity contribution in [1.29, 1.82) is 0 Å². The van der Waals surface area contributed by atoms with Crippen LogP contribution in [0.2, 0.25) is 0 Å². The fourth-order valence-electron chi connectivity index (χ4n) is 2.83. The zero-order valence-corrected chi connectivity index (χ0v) is 13.7. The Labute approximate surface area is 141 Å². The van der Waals surface area contributed by atoms with Gasteiger partial charge in [0.05, 0.1) is 12.2 Å². The van der Waals surface area contributed by atoms with E-state index in [1.165, 1.54) is 5.56 Å². The molecule has 2 aromatic carbocycles. The minimum atomic E-state index is -0.650. The van der Waals surface area contributed by atoms with E-state index < -0.39 is 6.67 Å². The molecule has 124 valence electrons. The summed E-state index contributed by atoms with van der Waals surface area (Å²) in [5.74, 6) is -0.0850. The van der Waals surface area contributed by atoms with E-state index in [9.17, 15) is 9.50 Å². The van der Waals surface area contributed by atoms with E-state index in [1.807, 2.05) is 42.5 Å². The second-order valence-electron chi connectivity index (χ2n) is 5.87. The number of rotatable bonds is 6. The fraction of sp³-hybridized carbons (Fsp3) is 0.250. The lowest BCUT2D eigenvalue weighted by Gasteiger charge is -2.07. The highest BCUT2D eigenvalue weighted by Gasteiger charge is 2.18. The monoisotopic (exact) mass is 324 g/mol. The lowest BCUT2D eigenvalue weighted by atomic mass is 10.0. The molecule has 0 saturated carbocycles. The molecule has 1 heterocycles. The van der Waals surface area contributed by atoms with Crippen molar-refractivity contribution in [3.05, 3.63) is 82.5 Å². The van der Waals surface area contributed by atoms with Crippen LogP contribution in [0.15, 0.2) is 54.6 Å². The van der Waals surface area contributed by atoms with Crippen molar-refractivity contribution < 1.29 is 9.50 Å². The summed E-state index contributed by atoms with van der Waals surface area (Å²) in [6.45, 7) is 1.90. The van der Waals surface area contributed by atoms with Crippen LogP contribution in [0.25, 0.3) is 0 Å². The molecule has 3 rings (SSSR count). The van der Waals surface area contributed by atoms with Crippen LogP contribution >= 0.6 is 0 Å². The number of aryl methyl sites for hydroxylation is 1. The van der Waals surface area contributed by atoms with Gasteiger partial charge in [0.1, 0.15) is 6.67 Å². The number of benzene rings is 2. The van der Waals surface area contributed by atoms with E-state index in [0.717, 1.165) is 17.5 Å². The van der Waals surface area contributed by atoms with Gasteiger partial charge in [-0.1, -0.05) is 61.5 Å². The molecule has 0 saturated heterocycles. The van der Waals surface area contributed by atoms with Crippen molar-refractivity contribution in [1.82, 2.24) is 9.78 Å². The van der Waals surface area contributed by atoms with Crippen molar-refractivity contribution >= 4 is 0 Å². The van der Waals surface area contributed by atoms with Crippen LogP contribution in [0, 0.1) is 0 Å². The molecule has 3 aromatic rings. The van der Waals surface area contributed by atoms with Crippen LogP contribution in [0.4, 0.5) is 4.39 Å². The molecular weight excluding hydrogens is 303 g/mol. The molecule has 1 N–H and O–H groups in total. The first-order valence-electron chi connectivity index (χ1n) is 8.16. The predicted octanol–water partition coefficient (Wildman–Crippen LogP) is 4.26. The maximum absolute atomic E-state index is 13.6. The average Bonchev–Trinajstić information content (AvgIpc) is 2.91. The highest BCUT2D eigenvalue weighted by molar-refractivity contribution is 5.37. The van der Waals surface area contributed by atoms with Crippen molar-refractivity contribution in [2.45, 2.75) is 33.0 Å². The van der Waals surface area contributed by atoms with E-state index in [0.29, 0.717) is 24.2 Å². The maximum Gasteiger partial charge on any atom is 0.234 e. The van der Waals surface area contributed by atoms with Crippen molar-refractivity contribution in [2.24, 2.45) is 0 Å². The van der Waals surface area contributed by atoms with Gasteiger partial charge in [0, 0.05) is 12.0 Å². The minimum absolute atomic E-state index is 0.0850. The van der Waals surface area contributed by atoms with Gasteiger partial charge in [0.2, 0.25) is 5.88 Å². The highest BCUT2D eigenvalue weighted by Crippen LogP contribution is 2.25. The molecule has 4 heteroatoms. The Kier molecular flexibility index (Phi) is 4.94. The van der Waals surface area contributed by atoms with Crippen LogP contribution in [0.1, 0.15) is 34.9 Å². The molecule has 0 spiro atoms. The predicted molar refractivity (Wildman–Crippen MR) is 92.9 cm³/mol. The first kappa shape index (κ1) is 16.2. The zero-order chi connectivity index (χ0) is 16.9. The third kappa shape index (κ3) is 3.48. The zero-order valence-electron chi connectivity index (χ0n) is 13.7. The Balaban J connectivity index is 1.87. The van der Waals surface area contributed by atoms with Crippen LogP contribution in [0.3, 0.4) is 0 Å². The Morgan fingerprint density at radius 3 is 2.25 bits per heavy atom. The molecule has 0 aliphatic rings. The van der Waals surface area contributed by atoms with Crippen molar-refractivity contribution in [3.63, 3.8) is 0 Å². The Bertz CT molecular complexity index is 795. The summed E-state index contributed by atoms with van der Waals surface area (Å²) in [7, 11) is 0. The Morgan fingerprint density at radius 1 is 0.958 bits per heavy atom. The first-order valence-corrected chi connectivity index (χ1v) is 8.16. The summed E-state index contributed by atoms with van der Waals surface area (Å²) < 4.78 is 15.2. The molecule has 1 aromatic heterocycles. The van der Waals surface area contributed by atoms with E-state index in [-0.39, 0.29) is 5.88 Å². The van der Waals surface area contributed by atoms with Gasteiger partial charge in [-0.3, -0.25) is 4.68 Å². The van der Waals surface area contributed by atoms with E-state index in [2.05, 4.69) is 24.2 Å². The molecular formula is C20H21FN2O. The molecule has 0 aliphatic heterocycles. The molecule has 0 unspecified atom stereocenters. The number of aromatic hydroxyl groups is 1. The number of hydrogen-bond donors (Lipinski definition) is 1. The largest absolute Gasteiger partial charge is 0.492 e. The number of nitrogens with zero attached hydrogens (tertiary/aromatic N) is 2. The molecule has 0 bridgehead atoms. The summed E-state index contributed by atoms with van der Waals surface area (Å²) in [4.78, 5) is 0. The molecule has 0 amide bonds. The van der Waals surface area contributed by atoms with Crippen LogP contribution in [0.5, 0.6) is 5.88 Å². The molecule has 0 atom stereocenters. The highest BCUT2D eigenvalue weighted by atomic mass is 19.1. The Morgan fingerprint density at radius 2 is 1.62 bits per heavy atom. The molecule has 3 nitrogen and oxygen atoms in total. The number of hydrogen-bond acceptors (Lipinski definition) is 2. The molecule has 0 radical (unpaired) electrons. The van der Waals surface area contributed by atoms with Gasteiger partial charge in [-0.05, 0) is 23.1 Å². The average molecular weight is 324 g/mol. The third-order valence-corrected chi connectivity index (χ3v) is 4.26. The van der Waals surface area contributed by atoms with E-state index >= 15 is 0 Å². The maximum atomic E-state index is 13.6. The van der Waals surface area contributed by atoms with E-state index in [1.54, 1.807) is 4.68 Å². The normalized spacial score (nSPS) is 10.9. The summed E-state index contributed by atoms with van der Waals surface area (Å²) in [6.07, 6.45) is 1.46. The molecule has 0 aliphatic carbocycles. The SMILES string of the molecule is CCc1ccc(Cc2c(O)nn(Cc3ccccc3)c2CF)cc1. The molecule has 24 heavy (non-hydrogen) atoms. The first-order chi connectivity index (χ1) is 11.7. The molecule has 0 fully saturated rings. The smallest absolute Gasteiger partial charge is 0.234 e. The second-order valence-corrected chi connectivity index (χ2v) is 5.87. The number of halogens is 1. The van der Waals surface area contributed by atoms with Gasteiger partial charge in [0.15, 0.2) is 0 Å². The van der Waals surface area contributed by atoms with Gasteiger partial charge in [-0.15, -0.1) is 5.10 Å². The van der Waals surface area contributed by atoms with Gasteiger partial charge in [0.25, 0.3) is 0 Å². The van der Waals surface area contributed by atoms with Gasteiger partial charge in [-0.2, -0.15) is 0 Å². The number of aromatic nitrogens is 2. The lowest BCUT2D eigenvalue weighted by Crippen LogP contribution is -2.06. The second kappa shape index (κ2) is 7.30. The standard InChI is InChI=1S/C20H21FN2O/c1-2-15-8-10-16(11-9-15)12-18-19(13-21)23(22-20(18)24)14-17-6-4-3-5-7-17/h3-11H,2,12-14H2,1H3,(H,22,24). The topological polar surface area (TPSA) is 38.1 Å². The van der Waals surface area contributed by atoms with Crippen molar-refractivity contribution in [3.8, 4) is 5.88 Å². The number of alkyl halides is 1. The van der Waals surface area contributed by atoms with Gasteiger partial charge >= 0.3 is 0 Å². The lowest BCUT2D eigenvalue weighted by molar-refractivity contribution is 0.432. The summed E-state index contributed by atoms with van der Waals surface area (Å²) in [6, 6.07) is 17.9. The van der Waals surface area contributed by atoms with Crippen LogP contribution in [-0.2, 0) is 26.1 Å². The minimum Gasteiger partial charge on any atom is -0.492 e. The van der Waals surface area contributed by atoms with Gasteiger partial charge in [-0.25, -0.2) is 4.39 Å². The van der Waals surface area contributed by atoms with Crippen LogP contribution in [-0.4, -0.2) is 14.9 Å². The quantitative estimate of drug-likeness (QED) is 0.736. The Hall–Kier alpha value is -2.62. The summed E-state index contributed by atoms with van der Waals surface area (Å²) >= 11 is 0. The van der Waals surface area contributed by atoms with Crippen LogP contribution < -0.4 is 0 Å². The van der Waals surface area contributed by atoms with E-state index in [4.69, 9.17) is 0 Å².